The van der Waals surface area contributed by atoms with E-state index in [0.29, 0.717) is 29.8 Å². The summed E-state index contributed by atoms with van der Waals surface area (Å²) < 4.78 is 28.3. The zero-order valence-corrected chi connectivity index (χ0v) is 15.1. The van der Waals surface area contributed by atoms with Gasteiger partial charge in [0, 0.05) is 12.2 Å². The van der Waals surface area contributed by atoms with E-state index in [1.807, 2.05) is 12.1 Å². The van der Waals surface area contributed by atoms with Gasteiger partial charge in [-0.05, 0) is 41.7 Å². The summed E-state index contributed by atoms with van der Waals surface area (Å²) in [6.07, 6.45) is 2.62. The fourth-order valence-electron chi connectivity index (χ4n) is 3.22. The molecule has 0 bridgehead atoms. The summed E-state index contributed by atoms with van der Waals surface area (Å²) in [6, 6.07) is 13.1. The first kappa shape index (κ1) is 17.5. The standard InChI is InChI=1S/C19H21NO4S/c1-24-18-8-7-13(12-25(2,22)23)9-17(18)20-19(21)16-10-14-5-3-4-6-15(14)11-16/h3-9,16H,10-12H2,1-2H3,(H,20,21). The minimum atomic E-state index is -3.15. The third-order valence-electron chi connectivity index (χ3n) is 4.37. The summed E-state index contributed by atoms with van der Waals surface area (Å²) in [5.41, 5.74) is 3.54. The largest absolute Gasteiger partial charge is 0.495 e. The van der Waals surface area contributed by atoms with Gasteiger partial charge >= 0.3 is 0 Å². The SMILES string of the molecule is COc1ccc(CS(C)(=O)=O)cc1NC(=O)C1Cc2ccccc2C1. The van der Waals surface area contributed by atoms with Gasteiger partial charge in [-0.15, -0.1) is 0 Å². The van der Waals surface area contributed by atoms with Crippen LogP contribution in [-0.2, 0) is 33.2 Å². The molecule has 0 unspecified atom stereocenters. The maximum atomic E-state index is 12.7. The lowest BCUT2D eigenvalue weighted by atomic mass is 10.1. The third kappa shape index (κ3) is 4.20. The molecule has 2 aromatic rings. The Kier molecular flexibility index (Phi) is 4.81. The molecule has 1 aliphatic carbocycles. The Morgan fingerprint density at radius 2 is 1.80 bits per heavy atom. The highest BCUT2D eigenvalue weighted by molar-refractivity contribution is 7.89. The number of sulfone groups is 1. The highest BCUT2D eigenvalue weighted by Gasteiger charge is 2.27. The maximum absolute atomic E-state index is 12.7. The number of nitrogens with one attached hydrogen (secondary N) is 1. The van der Waals surface area contributed by atoms with Gasteiger partial charge in [-0.2, -0.15) is 0 Å². The van der Waals surface area contributed by atoms with Gasteiger partial charge in [0.15, 0.2) is 9.84 Å². The normalized spacial score (nSPS) is 14.2. The number of hydrogen-bond donors (Lipinski definition) is 1. The summed E-state index contributed by atoms with van der Waals surface area (Å²) in [5, 5.41) is 2.91. The van der Waals surface area contributed by atoms with E-state index in [1.54, 1.807) is 18.2 Å². The second kappa shape index (κ2) is 6.88. The Balaban J connectivity index is 1.77. The number of benzene rings is 2. The Labute approximate surface area is 147 Å². The molecule has 0 fully saturated rings. The van der Waals surface area contributed by atoms with Crippen LogP contribution in [0.3, 0.4) is 0 Å². The molecule has 0 atom stereocenters. The van der Waals surface area contributed by atoms with Crippen LogP contribution in [0.4, 0.5) is 5.69 Å². The molecule has 3 rings (SSSR count). The van der Waals surface area contributed by atoms with Gasteiger partial charge in [-0.1, -0.05) is 30.3 Å². The molecular weight excluding hydrogens is 338 g/mol. The molecule has 1 N–H and O–H groups in total. The Bertz CT molecular complexity index is 880. The molecule has 0 aliphatic heterocycles. The number of carbonyl (C=O) groups excluding carboxylic acids is 1. The van der Waals surface area contributed by atoms with Crippen molar-refractivity contribution in [3.63, 3.8) is 0 Å². The molecule has 0 heterocycles. The van der Waals surface area contributed by atoms with Gasteiger partial charge in [-0.3, -0.25) is 4.79 Å². The molecule has 1 amide bonds. The smallest absolute Gasteiger partial charge is 0.228 e. The van der Waals surface area contributed by atoms with Crippen molar-refractivity contribution in [2.24, 2.45) is 5.92 Å². The molecule has 25 heavy (non-hydrogen) atoms. The summed E-state index contributed by atoms with van der Waals surface area (Å²) in [4.78, 5) is 12.7. The van der Waals surface area contributed by atoms with Gasteiger partial charge in [0.25, 0.3) is 0 Å². The Morgan fingerprint density at radius 1 is 1.16 bits per heavy atom. The number of carbonyl (C=O) groups is 1. The van der Waals surface area contributed by atoms with Crippen molar-refractivity contribution in [2.75, 3.05) is 18.7 Å². The molecule has 6 heteroatoms. The highest BCUT2D eigenvalue weighted by Crippen LogP contribution is 2.30. The van der Waals surface area contributed by atoms with Crippen molar-refractivity contribution in [3.8, 4) is 5.75 Å². The average molecular weight is 359 g/mol. The van der Waals surface area contributed by atoms with Crippen molar-refractivity contribution < 1.29 is 17.9 Å². The van der Waals surface area contributed by atoms with E-state index in [2.05, 4.69) is 17.4 Å². The molecule has 1 aliphatic rings. The summed E-state index contributed by atoms with van der Waals surface area (Å²) in [5.74, 6) is 0.238. The Morgan fingerprint density at radius 3 is 2.36 bits per heavy atom. The lowest BCUT2D eigenvalue weighted by molar-refractivity contribution is -0.119. The van der Waals surface area contributed by atoms with Crippen molar-refractivity contribution in [2.45, 2.75) is 18.6 Å². The first-order chi connectivity index (χ1) is 11.9. The minimum absolute atomic E-state index is 0.0747. The fraction of sp³-hybridized carbons (Fsp3) is 0.316. The van der Waals surface area contributed by atoms with Crippen molar-refractivity contribution >= 4 is 21.4 Å². The van der Waals surface area contributed by atoms with Crippen LogP contribution < -0.4 is 10.1 Å². The van der Waals surface area contributed by atoms with Crippen LogP contribution in [0.5, 0.6) is 5.75 Å². The van der Waals surface area contributed by atoms with Crippen LogP contribution in [0, 0.1) is 5.92 Å². The number of hydrogen-bond acceptors (Lipinski definition) is 4. The van der Waals surface area contributed by atoms with Gasteiger partial charge < -0.3 is 10.1 Å². The zero-order chi connectivity index (χ0) is 18.0. The van der Waals surface area contributed by atoms with Crippen LogP contribution in [0.1, 0.15) is 16.7 Å². The van der Waals surface area contributed by atoms with Crippen LogP contribution >= 0.6 is 0 Å². The summed E-state index contributed by atoms with van der Waals surface area (Å²) >= 11 is 0. The number of rotatable bonds is 5. The molecule has 0 radical (unpaired) electrons. The molecule has 5 nitrogen and oxygen atoms in total. The van der Waals surface area contributed by atoms with Crippen LogP contribution in [0.2, 0.25) is 0 Å². The van der Waals surface area contributed by atoms with Crippen LogP contribution in [0.25, 0.3) is 0 Å². The van der Waals surface area contributed by atoms with Crippen LogP contribution in [0.15, 0.2) is 42.5 Å². The van der Waals surface area contributed by atoms with E-state index in [9.17, 15) is 13.2 Å². The topological polar surface area (TPSA) is 72.5 Å². The number of methoxy groups -OCH3 is 1. The monoisotopic (exact) mass is 359 g/mol. The molecule has 132 valence electrons. The van der Waals surface area contributed by atoms with Crippen molar-refractivity contribution in [1.82, 2.24) is 0 Å². The van der Waals surface area contributed by atoms with Crippen molar-refractivity contribution in [1.29, 1.82) is 0 Å². The molecule has 0 saturated carbocycles. The van der Waals surface area contributed by atoms with Crippen molar-refractivity contribution in [3.05, 3.63) is 59.2 Å². The fourth-order valence-corrected chi connectivity index (χ4v) is 4.01. The first-order valence-corrected chi connectivity index (χ1v) is 10.1. The number of amides is 1. The van der Waals surface area contributed by atoms with E-state index in [4.69, 9.17) is 4.74 Å². The van der Waals surface area contributed by atoms with Gasteiger partial charge in [-0.25, -0.2) is 8.42 Å². The van der Waals surface area contributed by atoms with Gasteiger partial charge in [0.2, 0.25) is 5.91 Å². The van der Waals surface area contributed by atoms with Gasteiger partial charge in [0.1, 0.15) is 5.75 Å². The van der Waals surface area contributed by atoms with Crippen LogP contribution in [-0.4, -0.2) is 27.7 Å². The van der Waals surface area contributed by atoms with E-state index in [-0.39, 0.29) is 17.6 Å². The summed E-state index contributed by atoms with van der Waals surface area (Å²) in [6.45, 7) is 0. The third-order valence-corrected chi connectivity index (χ3v) is 5.23. The molecule has 0 spiro atoms. The maximum Gasteiger partial charge on any atom is 0.228 e. The minimum Gasteiger partial charge on any atom is -0.495 e. The molecular formula is C19H21NO4S. The number of anilines is 1. The molecule has 0 aromatic heterocycles. The van der Waals surface area contributed by atoms with Gasteiger partial charge in [0.05, 0.1) is 18.6 Å². The zero-order valence-electron chi connectivity index (χ0n) is 14.3. The Hall–Kier alpha value is -2.34. The second-order valence-corrected chi connectivity index (χ2v) is 8.61. The summed E-state index contributed by atoms with van der Waals surface area (Å²) in [7, 11) is -1.63. The van der Waals surface area contributed by atoms with E-state index in [0.717, 1.165) is 0 Å². The number of ether oxygens (including phenoxy) is 1. The first-order valence-electron chi connectivity index (χ1n) is 8.08. The van der Waals surface area contributed by atoms with E-state index >= 15 is 0 Å². The quantitative estimate of drug-likeness (QED) is 0.891. The highest BCUT2D eigenvalue weighted by atomic mass is 32.2. The second-order valence-electron chi connectivity index (χ2n) is 6.47. The molecule has 0 saturated heterocycles. The predicted molar refractivity (Wildman–Crippen MR) is 97.5 cm³/mol. The lowest BCUT2D eigenvalue weighted by Crippen LogP contribution is -2.23. The lowest BCUT2D eigenvalue weighted by Gasteiger charge is -2.14. The molecule has 2 aromatic carbocycles. The number of fused-ring (bicyclic) bond motifs is 1. The van der Waals surface area contributed by atoms with E-state index < -0.39 is 9.84 Å². The predicted octanol–water partition coefficient (Wildman–Crippen LogP) is 2.59. The average Bonchev–Trinajstić information content (AvgIpc) is 2.98. The van der Waals surface area contributed by atoms with E-state index in [1.165, 1.54) is 24.5 Å².